The highest BCUT2D eigenvalue weighted by molar-refractivity contribution is 6.29. The second-order valence-corrected chi connectivity index (χ2v) is 3.51. The summed E-state index contributed by atoms with van der Waals surface area (Å²) in [6, 6.07) is 2.62. The average Bonchev–Trinajstić information content (AvgIpc) is 2.22. The molecule has 3 N–H and O–H groups in total. The van der Waals surface area contributed by atoms with Gasteiger partial charge in [0.1, 0.15) is 0 Å². The standard InChI is InChI=1S/C9H13ClN4O/c1-2-3-6(11)9(15)12-8-5-4-7(10)13-14-8/h4-6H,2-3,11H2,1H3,(H,12,14,15). The van der Waals surface area contributed by atoms with Crippen LogP contribution in [0.25, 0.3) is 0 Å². The first kappa shape index (κ1) is 11.9. The van der Waals surface area contributed by atoms with Crippen LogP contribution in [0, 0.1) is 0 Å². The van der Waals surface area contributed by atoms with Crippen molar-refractivity contribution in [1.29, 1.82) is 0 Å². The van der Waals surface area contributed by atoms with Crippen molar-refractivity contribution in [2.75, 3.05) is 5.32 Å². The number of carbonyl (C=O) groups excluding carboxylic acids is 1. The number of nitrogens with two attached hydrogens (primary N) is 1. The van der Waals surface area contributed by atoms with Crippen LogP contribution in [-0.2, 0) is 4.79 Å². The Kier molecular flexibility index (Phi) is 4.45. The molecule has 0 aliphatic rings. The van der Waals surface area contributed by atoms with E-state index in [0.717, 1.165) is 6.42 Å². The first-order chi connectivity index (χ1) is 7.13. The van der Waals surface area contributed by atoms with Crippen molar-refractivity contribution in [2.45, 2.75) is 25.8 Å². The van der Waals surface area contributed by atoms with Crippen LogP contribution in [0.4, 0.5) is 5.82 Å². The Bertz CT molecular complexity index is 327. The summed E-state index contributed by atoms with van der Waals surface area (Å²) in [5.74, 6) is 0.101. The van der Waals surface area contributed by atoms with Crippen molar-refractivity contribution in [2.24, 2.45) is 5.73 Å². The van der Waals surface area contributed by atoms with Gasteiger partial charge < -0.3 is 11.1 Å². The van der Waals surface area contributed by atoms with Gasteiger partial charge >= 0.3 is 0 Å². The van der Waals surface area contributed by atoms with E-state index >= 15 is 0 Å². The highest BCUT2D eigenvalue weighted by Gasteiger charge is 2.12. The zero-order valence-corrected chi connectivity index (χ0v) is 9.16. The van der Waals surface area contributed by atoms with Crippen LogP contribution in [0.5, 0.6) is 0 Å². The molecule has 0 aromatic carbocycles. The van der Waals surface area contributed by atoms with Crippen LogP contribution in [0.2, 0.25) is 5.15 Å². The predicted octanol–water partition coefficient (Wildman–Crippen LogP) is 1.20. The smallest absolute Gasteiger partial charge is 0.242 e. The quantitative estimate of drug-likeness (QED) is 0.811. The van der Waals surface area contributed by atoms with E-state index in [1.807, 2.05) is 6.92 Å². The molecule has 82 valence electrons. The molecule has 1 heterocycles. The maximum atomic E-state index is 11.5. The number of rotatable bonds is 4. The topological polar surface area (TPSA) is 80.9 Å². The van der Waals surface area contributed by atoms with Crippen LogP contribution in [0.3, 0.4) is 0 Å². The zero-order valence-electron chi connectivity index (χ0n) is 8.40. The van der Waals surface area contributed by atoms with Crippen molar-refractivity contribution >= 4 is 23.3 Å². The lowest BCUT2D eigenvalue weighted by molar-refractivity contribution is -0.117. The second kappa shape index (κ2) is 5.63. The lowest BCUT2D eigenvalue weighted by Crippen LogP contribution is -2.35. The third kappa shape index (κ3) is 3.81. The Balaban J connectivity index is 2.54. The van der Waals surface area contributed by atoms with Gasteiger partial charge in [-0.05, 0) is 18.6 Å². The normalized spacial score (nSPS) is 12.2. The number of anilines is 1. The fourth-order valence-corrected chi connectivity index (χ4v) is 1.14. The highest BCUT2D eigenvalue weighted by atomic mass is 35.5. The lowest BCUT2D eigenvalue weighted by Gasteiger charge is -2.09. The van der Waals surface area contributed by atoms with E-state index in [1.54, 1.807) is 12.1 Å². The third-order valence-corrected chi connectivity index (χ3v) is 2.02. The molecule has 0 saturated heterocycles. The van der Waals surface area contributed by atoms with Crippen molar-refractivity contribution in [3.63, 3.8) is 0 Å². The second-order valence-electron chi connectivity index (χ2n) is 3.13. The van der Waals surface area contributed by atoms with E-state index in [2.05, 4.69) is 15.5 Å². The monoisotopic (exact) mass is 228 g/mol. The zero-order chi connectivity index (χ0) is 11.3. The highest BCUT2D eigenvalue weighted by Crippen LogP contribution is 2.06. The van der Waals surface area contributed by atoms with Gasteiger partial charge in [-0.1, -0.05) is 24.9 Å². The number of hydrogen-bond donors (Lipinski definition) is 2. The van der Waals surface area contributed by atoms with Crippen molar-refractivity contribution in [3.8, 4) is 0 Å². The Morgan fingerprint density at radius 1 is 1.60 bits per heavy atom. The Morgan fingerprint density at radius 2 is 2.33 bits per heavy atom. The van der Waals surface area contributed by atoms with E-state index in [0.29, 0.717) is 12.2 Å². The molecule has 0 bridgehead atoms. The summed E-state index contributed by atoms with van der Waals surface area (Å²) < 4.78 is 0. The number of carbonyl (C=O) groups is 1. The van der Waals surface area contributed by atoms with Gasteiger partial charge in [0.25, 0.3) is 0 Å². The molecule has 1 unspecified atom stereocenters. The van der Waals surface area contributed by atoms with Crippen molar-refractivity contribution in [3.05, 3.63) is 17.3 Å². The summed E-state index contributed by atoms with van der Waals surface area (Å²) in [7, 11) is 0. The summed E-state index contributed by atoms with van der Waals surface area (Å²) >= 11 is 5.55. The molecule has 1 aromatic rings. The Hall–Kier alpha value is -1.20. The molecule has 0 spiro atoms. The molecule has 6 heteroatoms. The minimum Gasteiger partial charge on any atom is -0.320 e. The fraction of sp³-hybridized carbons (Fsp3) is 0.444. The van der Waals surface area contributed by atoms with Gasteiger partial charge in [-0.15, -0.1) is 10.2 Å². The van der Waals surface area contributed by atoms with Gasteiger partial charge in [0.2, 0.25) is 5.91 Å². The predicted molar refractivity (Wildman–Crippen MR) is 58.6 cm³/mol. The van der Waals surface area contributed by atoms with E-state index < -0.39 is 6.04 Å². The molecule has 1 atom stereocenters. The first-order valence-electron chi connectivity index (χ1n) is 4.69. The first-order valence-corrected chi connectivity index (χ1v) is 5.07. The van der Waals surface area contributed by atoms with Crippen LogP contribution in [-0.4, -0.2) is 22.1 Å². The number of nitrogens with one attached hydrogen (secondary N) is 1. The number of amides is 1. The van der Waals surface area contributed by atoms with E-state index in [4.69, 9.17) is 17.3 Å². The van der Waals surface area contributed by atoms with E-state index in [9.17, 15) is 4.79 Å². The summed E-state index contributed by atoms with van der Waals surface area (Å²) in [4.78, 5) is 11.5. The molecule has 5 nitrogen and oxygen atoms in total. The number of nitrogens with zero attached hydrogens (tertiary/aromatic N) is 2. The molecule has 0 fully saturated rings. The van der Waals surface area contributed by atoms with Gasteiger partial charge in [0, 0.05) is 0 Å². The third-order valence-electron chi connectivity index (χ3n) is 1.82. The molecule has 1 amide bonds. The minimum absolute atomic E-state index is 0.256. The SMILES string of the molecule is CCCC(N)C(=O)Nc1ccc(Cl)nn1. The van der Waals surface area contributed by atoms with Crippen LogP contribution in [0.1, 0.15) is 19.8 Å². The maximum absolute atomic E-state index is 11.5. The van der Waals surface area contributed by atoms with Gasteiger partial charge in [0.05, 0.1) is 6.04 Å². The summed E-state index contributed by atoms with van der Waals surface area (Å²) in [5, 5.41) is 10.1. The average molecular weight is 229 g/mol. The minimum atomic E-state index is -0.507. The largest absolute Gasteiger partial charge is 0.320 e. The van der Waals surface area contributed by atoms with Crippen molar-refractivity contribution < 1.29 is 4.79 Å². The molecule has 0 radical (unpaired) electrons. The van der Waals surface area contributed by atoms with E-state index in [1.165, 1.54) is 0 Å². The van der Waals surface area contributed by atoms with Gasteiger partial charge in [0.15, 0.2) is 11.0 Å². The summed E-state index contributed by atoms with van der Waals surface area (Å²) in [6.07, 6.45) is 1.51. The lowest BCUT2D eigenvalue weighted by atomic mass is 10.2. The molecule has 15 heavy (non-hydrogen) atoms. The van der Waals surface area contributed by atoms with Crippen LogP contribution >= 0.6 is 11.6 Å². The van der Waals surface area contributed by atoms with E-state index in [-0.39, 0.29) is 11.1 Å². The van der Waals surface area contributed by atoms with Crippen molar-refractivity contribution in [1.82, 2.24) is 10.2 Å². The fourth-order valence-electron chi connectivity index (χ4n) is 1.04. The molecular formula is C9H13ClN4O. The molecule has 0 saturated carbocycles. The molecule has 0 aliphatic carbocycles. The maximum Gasteiger partial charge on any atom is 0.242 e. The Morgan fingerprint density at radius 3 is 2.87 bits per heavy atom. The van der Waals surface area contributed by atoms with Gasteiger partial charge in [-0.3, -0.25) is 4.79 Å². The van der Waals surface area contributed by atoms with Gasteiger partial charge in [-0.25, -0.2) is 0 Å². The summed E-state index contributed by atoms with van der Waals surface area (Å²) in [5.41, 5.74) is 5.62. The Labute approximate surface area is 93.0 Å². The molecule has 1 rings (SSSR count). The van der Waals surface area contributed by atoms with Crippen LogP contribution in [0.15, 0.2) is 12.1 Å². The van der Waals surface area contributed by atoms with Gasteiger partial charge in [-0.2, -0.15) is 0 Å². The number of aromatic nitrogens is 2. The number of hydrogen-bond acceptors (Lipinski definition) is 4. The van der Waals surface area contributed by atoms with Crippen LogP contribution < -0.4 is 11.1 Å². The molecule has 0 aliphatic heterocycles. The molecular weight excluding hydrogens is 216 g/mol. The molecule has 1 aromatic heterocycles. The number of halogens is 1. The summed E-state index contributed by atoms with van der Waals surface area (Å²) in [6.45, 7) is 1.97.